The monoisotopic (exact) mass is 370 g/mol. The number of likely N-dealkylation sites (tertiary alicyclic amines) is 1. The Balaban J connectivity index is 1.50. The summed E-state index contributed by atoms with van der Waals surface area (Å²) < 4.78 is 5.78. The molecule has 1 saturated heterocycles. The van der Waals surface area contributed by atoms with E-state index in [9.17, 15) is 9.59 Å². The summed E-state index contributed by atoms with van der Waals surface area (Å²) in [5.74, 6) is 1.03. The molecule has 2 amide bonds. The molecule has 0 bridgehead atoms. The van der Waals surface area contributed by atoms with Crippen LogP contribution in [-0.2, 0) is 16.0 Å². The molecule has 1 fully saturated rings. The predicted octanol–water partition coefficient (Wildman–Crippen LogP) is 2.80. The summed E-state index contributed by atoms with van der Waals surface area (Å²) >= 11 is 0. The summed E-state index contributed by atoms with van der Waals surface area (Å²) in [4.78, 5) is 27.4. The first kappa shape index (κ1) is 17.8. The van der Waals surface area contributed by atoms with E-state index in [-0.39, 0.29) is 12.1 Å². The van der Waals surface area contributed by atoms with Crippen LogP contribution in [0.3, 0.4) is 0 Å². The van der Waals surface area contributed by atoms with Gasteiger partial charge in [0.1, 0.15) is 11.5 Å². The number of nitrogens with zero attached hydrogens (tertiary/aromatic N) is 2. The minimum Gasteiger partial charge on any atom is -0.464 e. The fourth-order valence-electron chi connectivity index (χ4n) is 4.24. The molecule has 3 atom stereocenters. The van der Waals surface area contributed by atoms with Crippen LogP contribution in [0.4, 0.5) is 0 Å². The number of nitrogens with one attached hydrogen (secondary N) is 2. The molecule has 1 aliphatic heterocycles. The number of piperidine rings is 1. The van der Waals surface area contributed by atoms with E-state index < -0.39 is 11.8 Å². The van der Waals surface area contributed by atoms with E-state index in [1.807, 2.05) is 19.1 Å². The van der Waals surface area contributed by atoms with Gasteiger partial charge in [-0.15, -0.1) is 0 Å². The van der Waals surface area contributed by atoms with Crippen LogP contribution in [0.2, 0.25) is 0 Å². The van der Waals surface area contributed by atoms with Crippen LogP contribution in [0.1, 0.15) is 67.5 Å². The van der Waals surface area contributed by atoms with Crippen LogP contribution in [0.15, 0.2) is 22.7 Å². The Morgan fingerprint density at radius 2 is 2.19 bits per heavy atom. The zero-order valence-corrected chi connectivity index (χ0v) is 15.8. The maximum atomic E-state index is 13.0. The Hall–Kier alpha value is -2.57. The molecule has 1 aliphatic carbocycles. The van der Waals surface area contributed by atoms with Gasteiger partial charge in [-0.1, -0.05) is 6.92 Å². The smallest absolute Gasteiger partial charge is 0.312 e. The fraction of sp³-hybridized carbons (Fsp3) is 0.550. The van der Waals surface area contributed by atoms with Crippen molar-refractivity contribution in [1.82, 2.24) is 20.4 Å². The van der Waals surface area contributed by atoms with E-state index in [4.69, 9.17) is 4.42 Å². The van der Waals surface area contributed by atoms with Crippen molar-refractivity contribution in [2.24, 2.45) is 5.92 Å². The van der Waals surface area contributed by atoms with Gasteiger partial charge in [-0.3, -0.25) is 14.7 Å². The molecular weight excluding hydrogens is 344 g/mol. The van der Waals surface area contributed by atoms with Gasteiger partial charge in [0.2, 0.25) is 0 Å². The minimum atomic E-state index is -0.551. The third-order valence-electron chi connectivity index (χ3n) is 5.75. The molecule has 0 saturated carbocycles. The normalized spacial score (nSPS) is 25.1. The third kappa shape index (κ3) is 3.50. The highest BCUT2D eigenvalue weighted by Gasteiger charge is 2.36. The lowest BCUT2D eigenvalue weighted by molar-refractivity contribution is -0.149. The second-order valence-corrected chi connectivity index (χ2v) is 7.82. The molecule has 7 nitrogen and oxygen atoms in total. The summed E-state index contributed by atoms with van der Waals surface area (Å²) in [6.07, 6.45) is 6.24. The van der Waals surface area contributed by atoms with Crippen molar-refractivity contribution < 1.29 is 14.0 Å². The Bertz CT molecular complexity index is 840. The molecule has 0 radical (unpaired) electrons. The number of aryl methyl sites for hydroxylation is 2. The zero-order valence-electron chi connectivity index (χ0n) is 15.8. The Labute approximate surface area is 158 Å². The highest BCUT2D eigenvalue weighted by Crippen LogP contribution is 2.35. The van der Waals surface area contributed by atoms with Gasteiger partial charge in [-0.05, 0) is 62.6 Å². The Kier molecular flexibility index (Phi) is 4.76. The van der Waals surface area contributed by atoms with E-state index in [0.717, 1.165) is 54.9 Å². The number of furan rings is 1. The number of aromatic amines is 1. The summed E-state index contributed by atoms with van der Waals surface area (Å²) in [6, 6.07) is 3.45. The molecule has 2 aliphatic rings. The van der Waals surface area contributed by atoms with Crippen LogP contribution in [0.5, 0.6) is 0 Å². The molecule has 27 heavy (non-hydrogen) atoms. The number of H-pyrrole nitrogens is 1. The maximum absolute atomic E-state index is 13.0. The van der Waals surface area contributed by atoms with Crippen molar-refractivity contribution in [1.29, 1.82) is 0 Å². The topological polar surface area (TPSA) is 91.2 Å². The lowest BCUT2D eigenvalue weighted by Gasteiger charge is -2.37. The predicted molar refractivity (Wildman–Crippen MR) is 98.7 cm³/mol. The van der Waals surface area contributed by atoms with E-state index in [0.29, 0.717) is 12.5 Å². The first-order valence-corrected chi connectivity index (χ1v) is 9.73. The molecule has 144 valence electrons. The fourth-order valence-corrected chi connectivity index (χ4v) is 4.24. The van der Waals surface area contributed by atoms with Crippen molar-refractivity contribution in [3.05, 3.63) is 41.1 Å². The molecule has 3 heterocycles. The SMILES string of the molecule is Cc1ccc(C2CC(C)CCN2C(=O)C(=O)NC2CCCc3cn[nH]c32)o1. The van der Waals surface area contributed by atoms with Crippen LogP contribution < -0.4 is 5.32 Å². The standard InChI is InChI=1S/C20H26N4O3/c1-12-8-9-24(16(10-12)17-7-6-13(2)27-17)20(26)19(25)22-15-5-3-4-14-11-21-23-18(14)15/h6-7,11-12,15-16H,3-5,8-10H2,1-2H3,(H,21,23)(H,22,25). The molecule has 0 aromatic carbocycles. The number of fused-ring (bicyclic) bond motifs is 1. The second kappa shape index (κ2) is 7.21. The molecule has 7 heteroatoms. The van der Waals surface area contributed by atoms with Gasteiger partial charge in [0.25, 0.3) is 0 Å². The summed E-state index contributed by atoms with van der Waals surface area (Å²) in [5, 5.41) is 9.96. The van der Waals surface area contributed by atoms with Gasteiger partial charge in [0.15, 0.2) is 0 Å². The summed E-state index contributed by atoms with van der Waals surface area (Å²) in [7, 11) is 0. The molecule has 2 aromatic heterocycles. The van der Waals surface area contributed by atoms with Crippen LogP contribution >= 0.6 is 0 Å². The van der Waals surface area contributed by atoms with E-state index in [1.165, 1.54) is 0 Å². The van der Waals surface area contributed by atoms with Crippen molar-refractivity contribution >= 4 is 11.8 Å². The number of hydrogen-bond donors (Lipinski definition) is 2. The van der Waals surface area contributed by atoms with Gasteiger partial charge < -0.3 is 14.6 Å². The van der Waals surface area contributed by atoms with Crippen LogP contribution in [0.25, 0.3) is 0 Å². The quantitative estimate of drug-likeness (QED) is 0.795. The number of carbonyl (C=O) groups is 2. The van der Waals surface area contributed by atoms with E-state index in [1.54, 1.807) is 11.1 Å². The average molecular weight is 370 g/mol. The highest BCUT2D eigenvalue weighted by molar-refractivity contribution is 6.35. The number of aromatic nitrogens is 2. The van der Waals surface area contributed by atoms with Crippen molar-refractivity contribution in [3.63, 3.8) is 0 Å². The number of amides is 2. The minimum absolute atomic E-state index is 0.180. The second-order valence-electron chi connectivity index (χ2n) is 7.82. The van der Waals surface area contributed by atoms with E-state index >= 15 is 0 Å². The first-order valence-electron chi connectivity index (χ1n) is 9.73. The molecule has 0 spiro atoms. The first-order chi connectivity index (χ1) is 13.0. The number of rotatable bonds is 2. The number of carbonyl (C=O) groups excluding carboxylic acids is 2. The number of hydrogen-bond acceptors (Lipinski definition) is 4. The lowest BCUT2D eigenvalue weighted by Crippen LogP contribution is -2.48. The third-order valence-corrected chi connectivity index (χ3v) is 5.75. The van der Waals surface area contributed by atoms with E-state index in [2.05, 4.69) is 22.4 Å². The molecule has 4 rings (SSSR count). The maximum Gasteiger partial charge on any atom is 0.312 e. The zero-order chi connectivity index (χ0) is 19.0. The van der Waals surface area contributed by atoms with Crippen LogP contribution in [-0.4, -0.2) is 33.5 Å². The summed E-state index contributed by atoms with van der Waals surface area (Å²) in [6.45, 7) is 4.63. The summed E-state index contributed by atoms with van der Waals surface area (Å²) in [5.41, 5.74) is 2.04. The molecule has 2 aromatic rings. The van der Waals surface area contributed by atoms with Gasteiger partial charge in [0.05, 0.1) is 24.0 Å². The van der Waals surface area contributed by atoms with Crippen molar-refractivity contribution in [2.75, 3.05) is 6.54 Å². The Morgan fingerprint density at radius 1 is 1.33 bits per heavy atom. The van der Waals surface area contributed by atoms with Gasteiger partial charge >= 0.3 is 11.8 Å². The van der Waals surface area contributed by atoms with Gasteiger partial charge in [-0.25, -0.2) is 0 Å². The van der Waals surface area contributed by atoms with Crippen molar-refractivity contribution in [2.45, 2.75) is 58.0 Å². The Morgan fingerprint density at radius 3 is 2.96 bits per heavy atom. The lowest BCUT2D eigenvalue weighted by atomic mass is 9.90. The largest absolute Gasteiger partial charge is 0.464 e. The highest BCUT2D eigenvalue weighted by atomic mass is 16.3. The molecule has 2 N–H and O–H groups in total. The van der Waals surface area contributed by atoms with Crippen LogP contribution in [0, 0.1) is 12.8 Å². The van der Waals surface area contributed by atoms with Gasteiger partial charge in [0, 0.05) is 6.54 Å². The molecular formula is C20H26N4O3. The van der Waals surface area contributed by atoms with Gasteiger partial charge in [-0.2, -0.15) is 5.10 Å². The average Bonchev–Trinajstić information content (AvgIpc) is 3.30. The molecule has 3 unspecified atom stereocenters. The van der Waals surface area contributed by atoms with Crippen molar-refractivity contribution in [3.8, 4) is 0 Å².